The van der Waals surface area contributed by atoms with Gasteiger partial charge in [0.15, 0.2) is 0 Å². The van der Waals surface area contributed by atoms with E-state index in [0.717, 1.165) is 0 Å². The molecule has 30 heavy (non-hydrogen) atoms. The largest absolute Gasteiger partial charge is 0.0714 e. The van der Waals surface area contributed by atoms with Crippen LogP contribution in [0.3, 0.4) is 0 Å². The number of fused-ring (bicyclic) bond motifs is 3. The molecule has 0 bridgehead atoms. The van der Waals surface area contributed by atoms with Crippen molar-refractivity contribution in [1.82, 2.24) is 0 Å². The summed E-state index contributed by atoms with van der Waals surface area (Å²) < 4.78 is 1.27. The van der Waals surface area contributed by atoms with E-state index < -0.39 is 0 Å². The van der Waals surface area contributed by atoms with Gasteiger partial charge in [-0.25, -0.2) is 0 Å². The maximum absolute atomic E-state index is 2.46. The van der Waals surface area contributed by atoms with Crippen LogP contribution in [0.15, 0.2) is 97.1 Å². The third-order valence-corrected chi connectivity index (χ3v) is 7.05. The number of halogens is 1. The summed E-state index contributed by atoms with van der Waals surface area (Å²) in [7, 11) is 0. The summed E-state index contributed by atoms with van der Waals surface area (Å²) in [5, 5.41) is 0. The molecule has 148 valence electrons. The predicted molar refractivity (Wildman–Crippen MR) is 135 cm³/mol. The van der Waals surface area contributed by atoms with Crippen molar-refractivity contribution in [2.45, 2.75) is 31.6 Å². The Hall–Kier alpha value is -2.39. The van der Waals surface area contributed by atoms with Crippen LogP contribution in [0.4, 0.5) is 0 Å². The Labute approximate surface area is 193 Å². The lowest BCUT2D eigenvalue weighted by Gasteiger charge is -2.34. The Balaban J connectivity index is 1.97. The second-order valence-electron chi connectivity index (χ2n) is 9.18. The van der Waals surface area contributed by atoms with Gasteiger partial charge in [0, 0.05) is 3.57 Å². The summed E-state index contributed by atoms with van der Waals surface area (Å²) in [5.41, 5.74) is 9.28. The maximum atomic E-state index is 2.46. The van der Waals surface area contributed by atoms with Crippen LogP contribution in [-0.2, 0) is 10.8 Å². The van der Waals surface area contributed by atoms with Crippen molar-refractivity contribution in [2.24, 2.45) is 0 Å². The van der Waals surface area contributed by atoms with E-state index in [2.05, 4.69) is 140 Å². The van der Waals surface area contributed by atoms with Crippen molar-refractivity contribution in [3.8, 4) is 11.1 Å². The molecule has 4 aromatic carbocycles. The van der Waals surface area contributed by atoms with Crippen molar-refractivity contribution in [3.63, 3.8) is 0 Å². The van der Waals surface area contributed by atoms with E-state index in [1.54, 1.807) is 0 Å². The first-order chi connectivity index (χ1) is 14.4. The number of rotatable bonds is 2. The number of hydrogen-bond acceptors (Lipinski definition) is 0. The second kappa shape index (κ2) is 7.09. The highest BCUT2D eigenvalue weighted by Crippen LogP contribution is 2.56. The minimum atomic E-state index is -0.310. The molecule has 0 atom stereocenters. The molecule has 0 aliphatic heterocycles. The molecule has 0 saturated heterocycles. The lowest BCUT2D eigenvalue weighted by Crippen LogP contribution is -2.29. The maximum Gasteiger partial charge on any atom is 0.0714 e. The number of benzene rings is 4. The fourth-order valence-corrected chi connectivity index (χ4v) is 5.42. The van der Waals surface area contributed by atoms with Gasteiger partial charge in [-0.3, -0.25) is 0 Å². The van der Waals surface area contributed by atoms with E-state index in [9.17, 15) is 0 Å². The SMILES string of the molecule is CC(C)(C)c1ccc2c(c1)C(c1ccccc1)(c1ccccc1)c1cc(I)ccc1-2. The van der Waals surface area contributed by atoms with Crippen LogP contribution in [0.2, 0.25) is 0 Å². The smallest absolute Gasteiger partial charge is 0.0622 e. The molecule has 0 fully saturated rings. The molecule has 1 aliphatic carbocycles. The Morgan fingerprint density at radius 1 is 0.600 bits per heavy atom. The van der Waals surface area contributed by atoms with Crippen LogP contribution in [0.5, 0.6) is 0 Å². The van der Waals surface area contributed by atoms with Gasteiger partial charge in [-0.05, 0) is 79.1 Å². The predicted octanol–water partition coefficient (Wildman–Crippen LogP) is 7.95. The molecule has 0 radical (unpaired) electrons. The fourth-order valence-electron chi connectivity index (χ4n) is 4.93. The van der Waals surface area contributed by atoms with Gasteiger partial charge < -0.3 is 0 Å². The minimum Gasteiger partial charge on any atom is -0.0622 e. The van der Waals surface area contributed by atoms with Gasteiger partial charge in [-0.2, -0.15) is 0 Å². The van der Waals surface area contributed by atoms with Gasteiger partial charge in [-0.15, -0.1) is 0 Å². The third-order valence-electron chi connectivity index (χ3n) is 6.38. The molecular weight excluding hydrogens is 475 g/mol. The Morgan fingerprint density at radius 3 is 1.63 bits per heavy atom. The first kappa shape index (κ1) is 19.6. The van der Waals surface area contributed by atoms with E-state index in [0.29, 0.717) is 0 Å². The second-order valence-corrected chi connectivity index (χ2v) is 10.4. The lowest BCUT2D eigenvalue weighted by molar-refractivity contribution is 0.588. The van der Waals surface area contributed by atoms with Gasteiger partial charge in [-0.1, -0.05) is 106 Å². The Morgan fingerprint density at radius 2 is 1.10 bits per heavy atom. The zero-order valence-corrected chi connectivity index (χ0v) is 19.8. The molecule has 0 spiro atoms. The molecule has 0 nitrogen and oxygen atoms in total. The van der Waals surface area contributed by atoms with Crippen LogP contribution < -0.4 is 0 Å². The summed E-state index contributed by atoms with van der Waals surface area (Å²) >= 11 is 2.45. The standard InChI is InChI=1S/C29H25I/c1-28(2,3)22-14-16-24-25-17-15-23(30)19-27(25)29(26(24)18-22,20-10-6-4-7-11-20)21-12-8-5-9-13-21/h4-19H,1-3H3. The van der Waals surface area contributed by atoms with E-state index in [-0.39, 0.29) is 10.8 Å². The minimum absolute atomic E-state index is 0.0946. The zero-order valence-electron chi connectivity index (χ0n) is 17.6. The van der Waals surface area contributed by atoms with Crippen LogP contribution in [-0.4, -0.2) is 0 Å². The number of hydrogen-bond donors (Lipinski definition) is 0. The highest BCUT2D eigenvalue weighted by molar-refractivity contribution is 14.1. The Bertz CT molecular complexity index is 1170. The van der Waals surface area contributed by atoms with Crippen molar-refractivity contribution < 1.29 is 0 Å². The summed E-state index contributed by atoms with van der Waals surface area (Å²) in [6, 6.07) is 36.1. The van der Waals surface area contributed by atoms with Crippen molar-refractivity contribution in [3.05, 3.63) is 128 Å². The Kier molecular flexibility index (Phi) is 4.62. The monoisotopic (exact) mass is 500 g/mol. The van der Waals surface area contributed by atoms with Crippen LogP contribution >= 0.6 is 22.6 Å². The molecule has 0 unspecified atom stereocenters. The van der Waals surface area contributed by atoms with Crippen LogP contribution in [0, 0.1) is 3.57 Å². The van der Waals surface area contributed by atoms with Crippen LogP contribution in [0.25, 0.3) is 11.1 Å². The average molecular weight is 500 g/mol. The highest BCUT2D eigenvalue weighted by Gasteiger charge is 2.46. The first-order valence-electron chi connectivity index (χ1n) is 10.5. The summed E-state index contributed by atoms with van der Waals surface area (Å²) in [4.78, 5) is 0. The summed E-state index contributed by atoms with van der Waals surface area (Å²) in [6.07, 6.45) is 0. The third kappa shape index (κ3) is 2.86. The van der Waals surface area contributed by atoms with Gasteiger partial charge in [0.2, 0.25) is 0 Å². The molecule has 0 amide bonds. The molecule has 5 rings (SSSR count). The zero-order chi connectivity index (χ0) is 20.9. The topological polar surface area (TPSA) is 0 Å². The van der Waals surface area contributed by atoms with Crippen molar-refractivity contribution in [2.75, 3.05) is 0 Å². The van der Waals surface area contributed by atoms with E-state index in [4.69, 9.17) is 0 Å². The molecule has 0 aromatic heterocycles. The van der Waals surface area contributed by atoms with Gasteiger partial charge >= 0.3 is 0 Å². The molecule has 0 heterocycles. The van der Waals surface area contributed by atoms with Crippen molar-refractivity contribution >= 4 is 22.6 Å². The molecule has 4 aromatic rings. The van der Waals surface area contributed by atoms with Gasteiger partial charge in [0.1, 0.15) is 0 Å². The van der Waals surface area contributed by atoms with Gasteiger partial charge in [0.05, 0.1) is 5.41 Å². The molecule has 0 saturated carbocycles. The van der Waals surface area contributed by atoms with E-state index >= 15 is 0 Å². The van der Waals surface area contributed by atoms with E-state index in [1.807, 2.05) is 0 Å². The normalized spacial score (nSPS) is 14.3. The molecular formula is C29H25I. The molecule has 1 aliphatic rings. The summed E-state index contributed by atoms with van der Waals surface area (Å²) in [5.74, 6) is 0. The van der Waals surface area contributed by atoms with Crippen LogP contribution in [0.1, 0.15) is 48.6 Å². The highest BCUT2D eigenvalue weighted by atomic mass is 127. The first-order valence-corrected chi connectivity index (χ1v) is 11.6. The molecule has 1 heteroatoms. The van der Waals surface area contributed by atoms with E-state index in [1.165, 1.54) is 42.5 Å². The fraction of sp³-hybridized carbons (Fsp3) is 0.172. The lowest BCUT2D eigenvalue weighted by atomic mass is 9.67. The average Bonchev–Trinajstić information content (AvgIpc) is 3.04. The molecule has 0 N–H and O–H groups in total. The quantitative estimate of drug-likeness (QED) is 0.216. The summed E-state index contributed by atoms with van der Waals surface area (Å²) in [6.45, 7) is 6.89. The van der Waals surface area contributed by atoms with Crippen molar-refractivity contribution in [1.29, 1.82) is 0 Å². The van der Waals surface area contributed by atoms with Gasteiger partial charge in [0.25, 0.3) is 0 Å².